The number of carbonyl (C=O) groups is 1. The molecule has 0 saturated carbocycles. The van der Waals surface area contributed by atoms with E-state index < -0.39 is 0 Å². The Hall–Kier alpha value is -5.31. The highest BCUT2D eigenvalue weighted by molar-refractivity contribution is 6.02. The lowest BCUT2D eigenvalue weighted by Gasteiger charge is -2.35. The number of anilines is 1. The number of benzene rings is 3. The van der Waals surface area contributed by atoms with Gasteiger partial charge in [0.2, 0.25) is 5.91 Å². The van der Waals surface area contributed by atoms with Gasteiger partial charge in [0.1, 0.15) is 17.9 Å². The quantitative estimate of drug-likeness (QED) is 0.227. The van der Waals surface area contributed by atoms with Crippen molar-refractivity contribution in [3.63, 3.8) is 0 Å². The highest BCUT2D eigenvalue weighted by Gasteiger charge is 2.25. The van der Waals surface area contributed by atoms with Crippen molar-refractivity contribution >= 4 is 28.8 Å². The van der Waals surface area contributed by atoms with E-state index in [0.29, 0.717) is 37.7 Å². The summed E-state index contributed by atoms with van der Waals surface area (Å²) in [7, 11) is 4.86. The van der Waals surface area contributed by atoms with E-state index in [2.05, 4.69) is 27.8 Å². The number of hydrogen-bond donors (Lipinski definition) is 0. The van der Waals surface area contributed by atoms with Crippen LogP contribution in [0.15, 0.2) is 91.4 Å². The molecule has 0 N–H and O–H groups in total. The summed E-state index contributed by atoms with van der Waals surface area (Å²) >= 11 is 0. The lowest BCUT2D eigenvalue weighted by molar-refractivity contribution is -0.126. The summed E-state index contributed by atoms with van der Waals surface area (Å²) < 4.78 is 18.1. The molecule has 0 radical (unpaired) electrons. The van der Waals surface area contributed by atoms with Crippen molar-refractivity contribution in [3.8, 4) is 34.1 Å². The van der Waals surface area contributed by atoms with Crippen LogP contribution in [0.25, 0.3) is 33.9 Å². The van der Waals surface area contributed by atoms with Crippen LogP contribution in [0.5, 0.6) is 17.2 Å². The summed E-state index contributed by atoms with van der Waals surface area (Å²) in [6.45, 7) is 2.48. The zero-order chi connectivity index (χ0) is 29.8. The van der Waals surface area contributed by atoms with E-state index in [0.717, 1.165) is 45.0 Å². The van der Waals surface area contributed by atoms with Gasteiger partial charge < -0.3 is 28.6 Å². The first-order chi connectivity index (χ1) is 21.1. The molecule has 0 bridgehead atoms. The fraction of sp³-hybridized carbons (Fsp3) is 0.206. The van der Waals surface area contributed by atoms with Crippen molar-refractivity contribution in [2.45, 2.75) is 0 Å². The zero-order valence-corrected chi connectivity index (χ0v) is 24.4. The third-order valence-corrected chi connectivity index (χ3v) is 7.72. The number of hydrogen-bond acceptors (Lipinski definition) is 7. The Bertz CT molecular complexity index is 1760. The maximum absolute atomic E-state index is 13.1. The third kappa shape index (κ3) is 5.61. The number of ether oxygens (including phenoxy) is 3. The Labute approximate surface area is 250 Å². The number of aromatic nitrogens is 3. The van der Waals surface area contributed by atoms with Crippen LogP contribution in [0.2, 0.25) is 0 Å². The van der Waals surface area contributed by atoms with Crippen LogP contribution in [-0.2, 0) is 4.79 Å². The molecule has 0 unspecified atom stereocenters. The molecule has 0 aliphatic carbocycles. The first-order valence-electron chi connectivity index (χ1n) is 14.1. The van der Waals surface area contributed by atoms with Gasteiger partial charge in [-0.3, -0.25) is 4.79 Å². The van der Waals surface area contributed by atoms with E-state index in [4.69, 9.17) is 24.2 Å². The van der Waals surface area contributed by atoms with Gasteiger partial charge in [0, 0.05) is 49.7 Å². The zero-order valence-electron chi connectivity index (χ0n) is 24.4. The number of nitrogens with zero attached hydrogens (tertiary/aromatic N) is 5. The first kappa shape index (κ1) is 27.8. The average Bonchev–Trinajstić information content (AvgIpc) is 3.47. The summed E-state index contributed by atoms with van der Waals surface area (Å²) in [6.07, 6.45) is 7.16. The van der Waals surface area contributed by atoms with Crippen molar-refractivity contribution in [2.24, 2.45) is 0 Å². The van der Waals surface area contributed by atoms with Crippen LogP contribution < -0.4 is 19.1 Å². The molecule has 1 aliphatic heterocycles. The summed E-state index contributed by atoms with van der Waals surface area (Å²) in [5.41, 5.74) is 4.81. The SMILES string of the molecule is COc1ccc(-n2cc(-c3ccccc3)c3c(N4CCN(C(=O)/C=C/c5ccc(OC)c(OC)c5)CC4)ncnc32)cc1. The molecular weight excluding hydrogens is 542 g/mol. The van der Waals surface area contributed by atoms with Crippen LogP contribution in [0.1, 0.15) is 5.56 Å². The predicted molar refractivity (Wildman–Crippen MR) is 168 cm³/mol. The number of amides is 1. The van der Waals surface area contributed by atoms with E-state index in [1.165, 1.54) is 0 Å². The topological polar surface area (TPSA) is 82.0 Å². The van der Waals surface area contributed by atoms with Gasteiger partial charge in [-0.1, -0.05) is 36.4 Å². The van der Waals surface area contributed by atoms with Crippen molar-refractivity contribution in [1.29, 1.82) is 0 Å². The van der Waals surface area contributed by atoms with Gasteiger partial charge in [-0.25, -0.2) is 9.97 Å². The molecule has 218 valence electrons. The van der Waals surface area contributed by atoms with Crippen molar-refractivity contribution in [1.82, 2.24) is 19.4 Å². The summed E-state index contributed by atoms with van der Waals surface area (Å²) in [5, 5.41) is 0.984. The summed E-state index contributed by atoms with van der Waals surface area (Å²) in [6, 6.07) is 23.8. The van der Waals surface area contributed by atoms with E-state index in [-0.39, 0.29) is 5.91 Å². The maximum atomic E-state index is 13.1. The normalized spacial score (nSPS) is 13.5. The molecule has 1 amide bonds. The fourth-order valence-corrected chi connectivity index (χ4v) is 5.43. The van der Waals surface area contributed by atoms with Gasteiger partial charge in [-0.05, 0) is 53.6 Å². The molecular formula is C34H33N5O4. The van der Waals surface area contributed by atoms with Crippen molar-refractivity contribution in [2.75, 3.05) is 52.4 Å². The Morgan fingerprint density at radius 2 is 1.56 bits per heavy atom. The van der Waals surface area contributed by atoms with Crippen LogP contribution in [0.3, 0.4) is 0 Å². The van der Waals surface area contributed by atoms with Crippen LogP contribution in [0.4, 0.5) is 5.82 Å². The largest absolute Gasteiger partial charge is 0.497 e. The van der Waals surface area contributed by atoms with Gasteiger partial charge in [0.25, 0.3) is 0 Å². The van der Waals surface area contributed by atoms with Gasteiger partial charge in [-0.2, -0.15) is 0 Å². The van der Waals surface area contributed by atoms with Crippen LogP contribution in [-0.4, -0.2) is 72.9 Å². The van der Waals surface area contributed by atoms with E-state index in [1.807, 2.05) is 65.6 Å². The molecule has 1 saturated heterocycles. The minimum Gasteiger partial charge on any atom is -0.497 e. The molecule has 2 aromatic heterocycles. The highest BCUT2D eigenvalue weighted by Crippen LogP contribution is 2.37. The molecule has 9 nitrogen and oxygen atoms in total. The lowest BCUT2D eigenvalue weighted by Crippen LogP contribution is -2.48. The third-order valence-electron chi connectivity index (χ3n) is 7.72. The second-order valence-electron chi connectivity index (χ2n) is 10.1. The second-order valence-corrected chi connectivity index (χ2v) is 10.1. The monoisotopic (exact) mass is 575 g/mol. The predicted octanol–water partition coefficient (Wildman–Crippen LogP) is 5.48. The van der Waals surface area contributed by atoms with Gasteiger partial charge in [0.05, 0.1) is 26.7 Å². The van der Waals surface area contributed by atoms with E-state index in [1.54, 1.807) is 39.8 Å². The molecule has 9 heteroatoms. The number of fused-ring (bicyclic) bond motifs is 1. The molecule has 1 fully saturated rings. The molecule has 1 aliphatic rings. The molecule has 6 rings (SSSR count). The second kappa shape index (κ2) is 12.3. The Morgan fingerprint density at radius 1 is 0.814 bits per heavy atom. The molecule has 5 aromatic rings. The average molecular weight is 576 g/mol. The highest BCUT2D eigenvalue weighted by atomic mass is 16.5. The van der Waals surface area contributed by atoms with Gasteiger partial charge in [0.15, 0.2) is 17.1 Å². The minimum atomic E-state index is -0.0297. The van der Waals surface area contributed by atoms with E-state index in [9.17, 15) is 4.79 Å². The summed E-state index contributed by atoms with van der Waals surface area (Å²) in [4.78, 5) is 26.7. The molecule has 43 heavy (non-hydrogen) atoms. The molecule has 3 heterocycles. The Balaban J connectivity index is 1.26. The first-order valence-corrected chi connectivity index (χ1v) is 14.1. The Morgan fingerprint density at radius 3 is 2.26 bits per heavy atom. The maximum Gasteiger partial charge on any atom is 0.246 e. The number of methoxy groups -OCH3 is 3. The fourth-order valence-electron chi connectivity index (χ4n) is 5.43. The van der Waals surface area contributed by atoms with Crippen molar-refractivity contribution in [3.05, 3.63) is 97.0 Å². The molecule has 0 spiro atoms. The van der Waals surface area contributed by atoms with Crippen LogP contribution >= 0.6 is 0 Å². The summed E-state index contributed by atoms with van der Waals surface area (Å²) in [5.74, 6) is 2.90. The smallest absolute Gasteiger partial charge is 0.246 e. The minimum absolute atomic E-state index is 0.0297. The van der Waals surface area contributed by atoms with Crippen molar-refractivity contribution < 1.29 is 19.0 Å². The van der Waals surface area contributed by atoms with E-state index >= 15 is 0 Å². The van der Waals surface area contributed by atoms with Gasteiger partial charge >= 0.3 is 0 Å². The lowest BCUT2D eigenvalue weighted by atomic mass is 10.1. The number of carbonyl (C=O) groups excluding carboxylic acids is 1. The Kier molecular flexibility index (Phi) is 7.95. The number of rotatable bonds is 8. The number of piperazine rings is 1. The van der Waals surface area contributed by atoms with Gasteiger partial charge in [-0.15, -0.1) is 0 Å². The molecule has 3 aromatic carbocycles. The standard InChI is InChI=1S/C34H33N5O4/c1-41-27-13-11-26(12-14-27)39-22-28(25-7-5-4-6-8-25)32-33(35-23-36-34(32)39)38-19-17-37(18-20-38)31(40)16-10-24-9-15-29(42-2)30(21-24)43-3/h4-16,21-23H,17-20H2,1-3H3/b16-10+. The van der Waals surface area contributed by atoms with Crippen LogP contribution in [0, 0.1) is 0 Å². The molecule has 0 atom stereocenters.